The second kappa shape index (κ2) is 9.49. The number of nitrogens with zero attached hydrogens (tertiary/aromatic N) is 3. The molecule has 0 spiro atoms. The summed E-state index contributed by atoms with van der Waals surface area (Å²) in [5.74, 6) is -6.44. The summed E-state index contributed by atoms with van der Waals surface area (Å²) in [5, 5.41) is 14.0. The van der Waals surface area contributed by atoms with E-state index in [0.717, 1.165) is 0 Å². The van der Waals surface area contributed by atoms with Gasteiger partial charge >= 0.3 is 5.91 Å². The normalized spacial score (nSPS) is 17.0. The quantitative estimate of drug-likeness (QED) is 0.229. The lowest BCUT2D eigenvalue weighted by Gasteiger charge is -2.29. The summed E-state index contributed by atoms with van der Waals surface area (Å²) in [6.45, 7) is 0. The van der Waals surface area contributed by atoms with Crippen molar-refractivity contribution in [3.05, 3.63) is 88.2 Å². The lowest BCUT2D eigenvalue weighted by atomic mass is 9.91. The van der Waals surface area contributed by atoms with E-state index >= 15 is 0 Å². The Hall–Kier alpha value is -4.54. The van der Waals surface area contributed by atoms with Crippen LogP contribution in [0, 0.1) is 0 Å². The molecule has 2 N–H and O–H groups in total. The third-order valence-electron chi connectivity index (χ3n) is 5.51. The molecule has 5 rings (SSSR count). The maximum absolute atomic E-state index is 13.6. The Morgan fingerprint density at radius 2 is 1.73 bits per heavy atom. The monoisotopic (exact) mass is 536 g/mol. The van der Waals surface area contributed by atoms with Crippen LogP contribution in [0.2, 0.25) is 10.0 Å². The molecule has 12 heteroatoms. The van der Waals surface area contributed by atoms with E-state index in [0.29, 0.717) is 16.0 Å². The van der Waals surface area contributed by atoms with Crippen molar-refractivity contribution < 1.29 is 28.7 Å². The van der Waals surface area contributed by atoms with Gasteiger partial charge in [-0.05, 0) is 42.5 Å². The predicted molar refractivity (Wildman–Crippen MR) is 134 cm³/mol. The molecule has 1 aliphatic heterocycles. The fourth-order valence-electron chi connectivity index (χ4n) is 3.76. The van der Waals surface area contributed by atoms with Crippen molar-refractivity contribution in [1.29, 1.82) is 0 Å². The van der Waals surface area contributed by atoms with Crippen LogP contribution in [0.25, 0.3) is 11.1 Å². The van der Waals surface area contributed by atoms with E-state index in [4.69, 9.17) is 27.6 Å². The number of aromatic hydroxyl groups is 1. The molecule has 4 aromatic rings. The average Bonchev–Trinajstić information content (AvgIpc) is 3.30. The summed E-state index contributed by atoms with van der Waals surface area (Å²) < 4.78 is 5.66. The van der Waals surface area contributed by atoms with E-state index in [1.165, 1.54) is 42.5 Å². The van der Waals surface area contributed by atoms with Crippen molar-refractivity contribution in [2.45, 2.75) is 5.92 Å². The van der Waals surface area contributed by atoms with E-state index in [-0.39, 0.29) is 32.9 Å². The first kappa shape index (κ1) is 24.2. The summed E-state index contributed by atoms with van der Waals surface area (Å²) in [4.78, 5) is 57.5. The molecular formula is C25H14Cl2N4O6. The standard InChI is InChI=1S/C25H14Cl2N4O6/c26-12-9-10-16(14(27)11-12)31-24(35)20(29-30-22(34)13-5-1-3-7-17(13)32)19(21(33)25(31)36)23-28-15-6-2-4-8-18(15)37-23/h1-11,19,32H,(H,30,34). The number of oxazole rings is 1. The smallest absolute Gasteiger partial charge is 0.302 e. The van der Waals surface area contributed by atoms with Crippen LogP contribution in [0.3, 0.4) is 0 Å². The number of hydrogen-bond donors (Lipinski definition) is 2. The number of rotatable bonds is 4. The second-order valence-corrected chi connectivity index (χ2v) is 8.66. The molecule has 1 aliphatic rings. The van der Waals surface area contributed by atoms with Crippen LogP contribution in [0.15, 0.2) is 76.2 Å². The minimum absolute atomic E-state index is 0.0695. The molecule has 37 heavy (non-hydrogen) atoms. The molecule has 0 saturated carbocycles. The number of hydrazone groups is 1. The zero-order chi connectivity index (χ0) is 26.3. The van der Waals surface area contributed by atoms with Crippen LogP contribution in [-0.4, -0.2) is 39.3 Å². The summed E-state index contributed by atoms with van der Waals surface area (Å²) in [6.07, 6.45) is 0. The number of phenolic OH excluding ortho intramolecular Hbond substituents is 1. The maximum Gasteiger partial charge on any atom is 0.302 e. The topological polar surface area (TPSA) is 142 Å². The largest absolute Gasteiger partial charge is 0.507 e. The lowest BCUT2D eigenvalue weighted by Crippen LogP contribution is -2.55. The number of aromatic nitrogens is 1. The Morgan fingerprint density at radius 1 is 1.00 bits per heavy atom. The summed E-state index contributed by atoms with van der Waals surface area (Å²) in [6, 6.07) is 16.2. The Morgan fingerprint density at radius 3 is 2.46 bits per heavy atom. The number of phenols is 1. The Bertz CT molecular complexity index is 1610. The van der Waals surface area contributed by atoms with E-state index in [2.05, 4.69) is 15.5 Å². The van der Waals surface area contributed by atoms with Gasteiger partial charge in [0.25, 0.3) is 11.8 Å². The molecule has 1 fully saturated rings. The molecule has 3 aromatic carbocycles. The van der Waals surface area contributed by atoms with E-state index < -0.39 is 35.1 Å². The highest BCUT2D eigenvalue weighted by Crippen LogP contribution is 2.34. The summed E-state index contributed by atoms with van der Waals surface area (Å²) >= 11 is 12.1. The van der Waals surface area contributed by atoms with Crippen LogP contribution in [0.4, 0.5) is 5.69 Å². The van der Waals surface area contributed by atoms with Crippen LogP contribution >= 0.6 is 23.2 Å². The van der Waals surface area contributed by atoms with Crippen LogP contribution in [0.1, 0.15) is 22.2 Å². The van der Waals surface area contributed by atoms with Crippen LogP contribution in [0.5, 0.6) is 5.75 Å². The molecule has 1 unspecified atom stereocenters. The number of halogens is 2. The van der Waals surface area contributed by atoms with E-state index in [1.54, 1.807) is 24.3 Å². The minimum Gasteiger partial charge on any atom is -0.507 e. The van der Waals surface area contributed by atoms with Gasteiger partial charge in [-0.25, -0.2) is 15.3 Å². The van der Waals surface area contributed by atoms with Crippen molar-refractivity contribution in [2.24, 2.45) is 5.10 Å². The van der Waals surface area contributed by atoms with Gasteiger partial charge in [0.15, 0.2) is 11.5 Å². The van der Waals surface area contributed by atoms with Gasteiger partial charge in [-0.2, -0.15) is 5.10 Å². The van der Waals surface area contributed by atoms with Crippen LogP contribution in [-0.2, 0) is 14.4 Å². The van der Waals surface area contributed by atoms with Crippen molar-refractivity contribution in [2.75, 3.05) is 4.90 Å². The third-order valence-corrected chi connectivity index (χ3v) is 6.04. The molecule has 1 atom stereocenters. The lowest BCUT2D eigenvalue weighted by molar-refractivity contribution is -0.139. The number of carbonyl (C=O) groups excluding carboxylic acids is 4. The zero-order valence-electron chi connectivity index (χ0n) is 18.5. The van der Waals surface area contributed by atoms with E-state index in [1.807, 2.05) is 0 Å². The first-order valence-electron chi connectivity index (χ1n) is 10.7. The molecule has 1 saturated heterocycles. The van der Waals surface area contributed by atoms with Gasteiger partial charge in [0.05, 0.1) is 16.3 Å². The zero-order valence-corrected chi connectivity index (χ0v) is 20.0. The number of amides is 3. The van der Waals surface area contributed by atoms with Gasteiger partial charge < -0.3 is 9.52 Å². The molecule has 1 aromatic heterocycles. The van der Waals surface area contributed by atoms with Crippen molar-refractivity contribution >= 4 is 69.2 Å². The SMILES string of the molecule is O=C(NN=C1C(=O)N(c2ccc(Cl)cc2Cl)C(=O)C(=O)C1c1nc2ccccc2o1)c1ccccc1O. The summed E-state index contributed by atoms with van der Waals surface area (Å²) in [7, 11) is 0. The van der Waals surface area contributed by atoms with Gasteiger partial charge in [-0.15, -0.1) is 0 Å². The number of para-hydroxylation sites is 3. The number of imide groups is 1. The number of nitrogens with one attached hydrogen (secondary N) is 1. The molecule has 184 valence electrons. The predicted octanol–water partition coefficient (Wildman–Crippen LogP) is 3.85. The van der Waals surface area contributed by atoms with Gasteiger partial charge in [-0.3, -0.25) is 19.2 Å². The first-order valence-corrected chi connectivity index (χ1v) is 11.4. The molecule has 0 bridgehead atoms. The molecule has 2 heterocycles. The fourth-order valence-corrected chi connectivity index (χ4v) is 4.25. The Balaban J connectivity index is 1.61. The number of benzene rings is 3. The highest BCUT2D eigenvalue weighted by Gasteiger charge is 2.50. The highest BCUT2D eigenvalue weighted by molar-refractivity contribution is 6.67. The number of piperidine rings is 1. The Kier molecular flexibility index (Phi) is 6.20. The van der Waals surface area contributed by atoms with Gasteiger partial charge in [0, 0.05) is 5.02 Å². The van der Waals surface area contributed by atoms with Crippen molar-refractivity contribution in [3.8, 4) is 5.75 Å². The molecule has 0 radical (unpaired) electrons. The van der Waals surface area contributed by atoms with Crippen molar-refractivity contribution in [1.82, 2.24) is 10.4 Å². The Labute approximate surface area is 218 Å². The van der Waals surface area contributed by atoms with E-state index in [9.17, 15) is 24.3 Å². The number of carbonyl (C=O) groups is 4. The second-order valence-electron chi connectivity index (χ2n) is 7.81. The fraction of sp³-hybridized carbons (Fsp3) is 0.0400. The first-order chi connectivity index (χ1) is 17.8. The third kappa shape index (κ3) is 4.32. The highest BCUT2D eigenvalue weighted by atomic mass is 35.5. The molecule has 0 aliphatic carbocycles. The van der Waals surface area contributed by atoms with Gasteiger partial charge in [-0.1, -0.05) is 47.5 Å². The number of ketones is 1. The molecular weight excluding hydrogens is 523 g/mol. The number of Topliss-reactive ketones (excluding diaryl/α,β-unsaturated/α-hetero) is 1. The number of hydrogen-bond acceptors (Lipinski definition) is 8. The molecule has 3 amide bonds. The number of fused-ring (bicyclic) bond motifs is 1. The van der Waals surface area contributed by atoms with Gasteiger partial charge in [0.1, 0.15) is 17.0 Å². The minimum atomic E-state index is -1.65. The van der Waals surface area contributed by atoms with Crippen LogP contribution < -0.4 is 10.3 Å². The maximum atomic E-state index is 13.6. The number of anilines is 1. The summed E-state index contributed by atoms with van der Waals surface area (Å²) in [5.41, 5.74) is 2.06. The van der Waals surface area contributed by atoms with Crippen molar-refractivity contribution in [3.63, 3.8) is 0 Å². The average molecular weight is 537 g/mol. The van der Waals surface area contributed by atoms with Gasteiger partial charge in [0.2, 0.25) is 11.7 Å². The molecule has 10 nitrogen and oxygen atoms in total.